The Labute approximate surface area is 438 Å². The molecule has 0 bridgehead atoms. The minimum Gasteiger partial charge on any atom is -0.318 e. The van der Waals surface area contributed by atoms with E-state index < -0.39 is 8.07 Å². The normalized spacial score (nSPS) is 15.3. The fraction of sp³-hybridized carbons (Fsp3) is 0.0282. The quantitative estimate of drug-likeness (QED) is 0.117. The molecule has 10 aromatic carbocycles. The van der Waals surface area contributed by atoms with Crippen molar-refractivity contribution < 1.29 is 0 Å². The number of hydrogen-bond donors (Lipinski definition) is 0. The van der Waals surface area contributed by atoms with E-state index in [4.69, 9.17) is 4.98 Å². The van der Waals surface area contributed by atoms with Crippen molar-refractivity contribution in [1.82, 2.24) is 9.55 Å². The van der Waals surface area contributed by atoms with Crippen LogP contribution >= 0.6 is 0 Å². The number of pyridine rings is 1. The first-order valence-corrected chi connectivity index (χ1v) is 28.1. The first-order chi connectivity index (χ1) is 37.2. The molecule has 0 saturated carbocycles. The van der Waals surface area contributed by atoms with Crippen LogP contribution in [0.3, 0.4) is 0 Å². The van der Waals surface area contributed by atoms with Gasteiger partial charge in [0.1, 0.15) is 11.6 Å². The lowest BCUT2D eigenvalue weighted by Gasteiger charge is -2.35. The van der Waals surface area contributed by atoms with Gasteiger partial charge in [-0.3, -0.25) is 4.57 Å². The van der Waals surface area contributed by atoms with Gasteiger partial charge in [-0.1, -0.05) is 255 Å². The lowest BCUT2D eigenvalue weighted by atomic mass is 9.72. The fourth-order valence-corrected chi connectivity index (χ4v) is 18.0. The molecule has 75 heavy (non-hydrogen) atoms. The van der Waals surface area contributed by atoms with Gasteiger partial charge in [0.15, 0.2) is 8.07 Å². The number of aromatic nitrogens is 2. The molecule has 0 amide bonds. The number of anilines is 2. The van der Waals surface area contributed by atoms with Gasteiger partial charge in [-0.2, -0.15) is 0 Å². The van der Waals surface area contributed by atoms with Crippen molar-refractivity contribution in [3.8, 4) is 39.2 Å². The summed E-state index contributed by atoms with van der Waals surface area (Å²) in [6.07, 6.45) is 4.88. The minimum absolute atomic E-state index is 0.0142. The zero-order valence-electron chi connectivity index (χ0n) is 41.1. The highest BCUT2D eigenvalue weighted by atomic mass is 28.3. The Morgan fingerprint density at radius 2 is 0.827 bits per heavy atom. The average Bonchev–Trinajstić information content (AvgIpc) is 4.08. The first kappa shape index (κ1) is 43.2. The molecule has 2 aliphatic carbocycles. The van der Waals surface area contributed by atoms with E-state index >= 15 is 0 Å². The summed E-state index contributed by atoms with van der Waals surface area (Å²) in [5, 5.41) is 7.78. The average molecular weight is 972 g/mol. The summed E-state index contributed by atoms with van der Waals surface area (Å²) in [6, 6.07) is 101. The summed E-state index contributed by atoms with van der Waals surface area (Å²) in [6.45, 7) is 0. The molecule has 1 aliphatic heterocycles. The molecule has 12 aromatic rings. The maximum Gasteiger partial charge on any atom is 0.179 e. The van der Waals surface area contributed by atoms with Crippen LogP contribution in [0.4, 0.5) is 11.5 Å². The van der Waals surface area contributed by atoms with Crippen molar-refractivity contribution in [2.75, 3.05) is 4.90 Å². The SMILES string of the molecule is C1=CC2C(C3=C1c1ccccc1-c1ccccc1-c1ccccc13)c1ccccc1N2c1cc(-c2cccc([Si](c3ccccc3)(c3ccccc3)c3ccccc3)c2)cc(-n2c3ccccc3c3ccccc32)n1. The molecule has 0 saturated heterocycles. The van der Waals surface area contributed by atoms with Crippen LogP contribution in [0.5, 0.6) is 0 Å². The third-order valence-corrected chi connectivity index (χ3v) is 21.1. The van der Waals surface area contributed by atoms with Gasteiger partial charge in [-0.05, 0) is 112 Å². The molecule has 3 aliphatic rings. The van der Waals surface area contributed by atoms with Crippen LogP contribution in [0.1, 0.15) is 22.6 Å². The molecule has 3 heterocycles. The van der Waals surface area contributed by atoms with E-state index in [0.717, 1.165) is 33.8 Å². The minimum atomic E-state index is -2.86. The van der Waals surface area contributed by atoms with Crippen molar-refractivity contribution in [3.05, 3.63) is 302 Å². The summed E-state index contributed by atoms with van der Waals surface area (Å²) < 4.78 is 2.38. The Morgan fingerprint density at radius 1 is 0.360 bits per heavy atom. The predicted octanol–water partition coefficient (Wildman–Crippen LogP) is 14.7. The molecule has 4 heteroatoms. The number of rotatable bonds is 7. The molecular weight excluding hydrogens is 923 g/mol. The van der Waals surface area contributed by atoms with Crippen LogP contribution in [-0.2, 0) is 0 Å². The first-order valence-electron chi connectivity index (χ1n) is 26.1. The molecule has 0 fully saturated rings. The van der Waals surface area contributed by atoms with Crippen molar-refractivity contribution in [3.63, 3.8) is 0 Å². The third kappa shape index (κ3) is 6.63. The van der Waals surface area contributed by atoms with Gasteiger partial charge in [-0.25, -0.2) is 4.98 Å². The lowest BCUT2D eigenvalue weighted by molar-refractivity contribution is 0.753. The van der Waals surface area contributed by atoms with E-state index in [0.29, 0.717) is 0 Å². The Hall–Kier alpha value is -9.35. The maximum absolute atomic E-state index is 5.88. The molecule has 2 unspecified atom stereocenters. The lowest BCUT2D eigenvalue weighted by Crippen LogP contribution is -2.74. The summed E-state index contributed by atoms with van der Waals surface area (Å²) in [5.41, 5.74) is 17.2. The summed E-state index contributed by atoms with van der Waals surface area (Å²) in [5.74, 6) is 1.80. The second-order valence-electron chi connectivity index (χ2n) is 20.1. The van der Waals surface area contributed by atoms with E-state index in [-0.39, 0.29) is 12.0 Å². The summed E-state index contributed by atoms with van der Waals surface area (Å²) in [7, 11) is -2.86. The van der Waals surface area contributed by atoms with Gasteiger partial charge in [-0.15, -0.1) is 0 Å². The highest BCUT2D eigenvalue weighted by Gasteiger charge is 2.45. The van der Waals surface area contributed by atoms with Crippen molar-refractivity contribution >= 4 is 73.3 Å². The number of fused-ring (bicyclic) bond motifs is 14. The standard InChI is InChI=1S/C71H49N3Si/c1-4-24-50(25-5-1)75(51-26-6-2-7-27-51,52-28-8-3-9-29-52)53-30-22-23-48(45-53)49-46-68(73-64-40-19-16-36-59(64)60-37-17-20-41-65(60)73)72-69(47-49)74-66-42-21-18-39-63(66)71-67(74)44-43-62-58-35-13-12-33-56(58)54-31-10-11-32-55(54)57-34-14-15-38-61(57)70(62)71/h1-47,67,71H. The van der Waals surface area contributed by atoms with Crippen molar-refractivity contribution in [2.24, 2.45) is 0 Å². The highest BCUT2D eigenvalue weighted by Crippen LogP contribution is 2.58. The molecule has 3 nitrogen and oxygen atoms in total. The van der Waals surface area contributed by atoms with Crippen LogP contribution in [0.2, 0.25) is 0 Å². The van der Waals surface area contributed by atoms with Crippen LogP contribution in [-0.4, -0.2) is 23.7 Å². The molecule has 0 N–H and O–H groups in total. The predicted molar refractivity (Wildman–Crippen MR) is 316 cm³/mol. The molecule has 0 spiro atoms. The highest BCUT2D eigenvalue weighted by molar-refractivity contribution is 7.19. The van der Waals surface area contributed by atoms with Gasteiger partial charge >= 0.3 is 0 Å². The van der Waals surface area contributed by atoms with Gasteiger partial charge < -0.3 is 4.90 Å². The number of nitrogens with zero attached hydrogens (tertiary/aromatic N) is 3. The number of hydrogen-bond acceptors (Lipinski definition) is 2. The van der Waals surface area contributed by atoms with Crippen LogP contribution in [0.15, 0.2) is 285 Å². The molecule has 2 aromatic heterocycles. The second kappa shape index (κ2) is 17.4. The molecule has 2 atom stereocenters. The molecular formula is C71H49N3Si. The second-order valence-corrected chi connectivity index (χ2v) is 23.9. The number of allylic oxidation sites excluding steroid dienone is 2. The largest absolute Gasteiger partial charge is 0.318 e. The summed E-state index contributed by atoms with van der Waals surface area (Å²) >= 11 is 0. The Morgan fingerprint density at radius 3 is 1.44 bits per heavy atom. The summed E-state index contributed by atoms with van der Waals surface area (Å²) in [4.78, 5) is 8.43. The Balaban J connectivity index is 0.979. The zero-order valence-corrected chi connectivity index (χ0v) is 42.1. The van der Waals surface area contributed by atoms with Crippen LogP contribution < -0.4 is 25.6 Å². The Kier molecular flexibility index (Phi) is 10.0. The van der Waals surface area contributed by atoms with Gasteiger partial charge in [0.05, 0.1) is 17.1 Å². The monoisotopic (exact) mass is 971 g/mol. The third-order valence-electron chi connectivity index (χ3n) is 16.3. The molecule has 0 radical (unpaired) electrons. The van der Waals surface area contributed by atoms with Crippen LogP contribution in [0.25, 0.3) is 72.2 Å². The number of para-hydroxylation sites is 3. The maximum atomic E-state index is 5.88. The van der Waals surface area contributed by atoms with Crippen molar-refractivity contribution in [2.45, 2.75) is 12.0 Å². The van der Waals surface area contributed by atoms with E-state index in [2.05, 4.69) is 295 Å². The van der Waals surface area contributed by atoms with E-state index in [1.807, 2.05) is 0 Å². The van der Waals surface area contributed by atoms with E-state index in [1.165, 1.54) is 87.3 Å². The number of benzene rings is 10. The van der Waals surface area contributed by atoms with Gasteiger partial charge in [0, 0.05) is 22.4 Å². The smallest absolute Gasteiger partial charge is 0.179 e. The molecule has 352 valence electrons. The zero-order chi connectivity index (χ0) is 49.5. The van der Waals surface area contributed by atoms with E-state index in [1.54, 1.807) is 0 Å². The van der Waals surface area contributed by atoms with Gasteiger partial charge in [0.2, 0.25) is 0 Å². The van der Waals surface area contributed by atoms with Crippen molar-refractivity contribution in [1.29, 1.82) is 0 Å². The Bertz CT molecular complexity index is 4120. The molecule has 15 rings (SSSR count). The fourth-order valence-electron chi connectivity index (χ4n) is 13.2. The topological polar surface area (TPSA) is 21.1 Å². The van der Waals surface area contributed by atoms with Crippen LogP contribution in [0, 0.1) is 0 Å². The van der Waals surface area contributed by atoms with E-state index in [9.17, 15) is 0 Å². The van der Waals surface area contributed by atoms with Gasteiger partial charge in [0.25, 0.3) is 0 Å².